The van der Waals surface area contributed by atoms with Crippen LogP contribution in [0.4, 0.5) is 4.39 Å². The van der Waals surface area contributed by atoms with Crippen molar-refractivity contribution >= 4 is 28.4 Å². The summed E-state index contributed by atoms with van der Waals surface area (Å²) in [4.78, 5) is 20.8. The minimum atomic E-state index is -0.448. The minimum absolute atomic E-state index is 0.0164. The number of nitrogens with one attached hydrogen (secondary N) is 1. The molecule has 32 heavy (non-hydrogen) atoms. The zero-order valence-electron chi connectivity index (χ0n) is 17.1. The number of rotatable bonds is 8. The van der Waals surface area contributed by atoms with Gasteiger partial charge in [0.25, 0.3) is 0 Å². The molecule has 5 rings (SSSR count). The van der Waals surface area contributed by atoms with Crippen LogP contribution in [0.1, 0.15) is 34.3 Å². The van der Waals surface area contributed by atoms with Crippen molar-refractivity contribution in [2.75, 3.05) is 6.61 Å². The number of H-pyrrole nitrogens is 1. The lowest BCUT2D eigenvalue weighted by Crippen LogP contribution is -2.09. The molecule has 0 aliphatic heterocycles. The van der Waals surface area contributed by atoms with Crippen molar-refractivity contribution in [1.29, 1.82) is 0 Å². The normalized spacial score (nSPS) is 13.3. The van der Waals surface area contributed by atoms with Gasteiger partial charge in [0.15, 0.2) is 17.3 Å². The summed E-state index contributed by atoms with van der Waals surface area (Å²) in [5.74, 6) is 0.604. The number of halogens is 2. The van der Waals surface area contributed by atoms with Crippen LogP contribution in [0.3, 0.4) is 0 Å². The lowest BCUT2D eigenvalue weighted by molar-refractivity contribution is 0.103. The number of nitrogens with zero attached hydrogens (tertiary/aromatic N) is 1. The van der Waals surface area contributed by atoms with E-state index in [4.69, 9.17) is 21.1 Å². The van der Waals surface area contributed by atoms with Crippen molar-refractivity contribution < 1.29 is 18.7 Å². The van der Waals surface area contributed by atoms with Gasteiger partial charge in [0.1, 0.15) is 18.1 Å². The molecule has 1 saturated carbocycles. The molecule has 1 aliphatic carbocycles. The molecule has 0 spiro atoms. The van der Waals surface area contributed by atoms with Crippen LogP contribution in [0.2, 0.25) is 5.02 Å². The number of aromatic amines is 1. The number of fused-ring (bicyclic) bond motifs is 1. The Kier molecular flexibility index (Phi) is 5.53. The van der Waals surface area contributed by atoms with Gasteiger partial charge in [-0.3, -0.25) is 4.79 Å². The van der Waals surface area contributed by atoms with Crippen LogP contribution in [0, 0.1) is 11.7 Å². The summed E-state index contributed by atoms with van der Waals surface area (Å²) in [6, 6.07) is 13.3. The van der Waals surface area contributed by atoms with Crippen molar-refractivity contribution in [3.63, 3.8) is 0 Å². The Labute approximate surface area is 189 Å². The first kappa shape index (κ1) is 20.5. The van der Waals surface area contributed by atoms with Crippen molar-refractivity contribution in [1.82, 2.24) is 9.97 Å². The molecule has 0 radical (unpaired) electrons. The predicted molar refractivity (Wildman–Crippen MR) is 120 cm³/mol. The molecule has 5 nitrogen and oxygen atoms in total. The molecule has 2 heterocycles. The van der Waals surface area contributed by atoms with E-state index in [0.717, 1.165) is 18.2 Å². The standard InChI is InChI=1S/C25H20ClFN2O3/c26-17-9-8-16(21(27)11-17)14-31-22-5-1-3-19(24(22)32-13-15-6-7-15)23(30)20-12-29-25-18(20)4-2-10-28-25/h1-5,8-12,15H,6-7,13-14H2,(H,28,29). The maximum Gasteiger partial charge on any atom is 0.199 e. The monoisotopic (exact) mass is 450 g/mol. The van der Waals surface area contributed by atoms with Gasteiger partial charge >= 0.3 is 0 Å². The average Bonchev–Trinajstić information content (AvgIpc) is 3.53. The number of carbonyl (C=O) groups is 1. The Morgan fingerprint density at radius 3 is 2.81 bits per heavy atom. The third-order valence-electron chi connectivity index (χ3n) is 5.48. The van der Waals surface area contributed by atoms with Crippen molar-refractivity contribution in [2.45, 2.75) is 19.4 Å². The first-order valence-electron chi connectivity index (χ1n) is 10.4. The Balaban J connectivity index is 1.48. The molecule has 0 unspecified atom stereocenters. The number of carbonyl (C=O) groups excluding carboxylic acids is 1. The number of hydrogen-bond donors (Lipinski definition) is 1. The fourth-order valence-electron chi connectivity index (χ4n) is 3.53. The number of hydrogen-bond acceptors (Lipinski definition) is 4. The van der Waals surface area contributed by atoms with Crippen molar-refractivity contribution in [3.8, 4) is 11.5 Å². The first-order valence-corrected chi connectivity index (χ1v) is 10.8. The Morgan fingerprint density at radius 1 is 1.12 bits per heavy atom. The largest absolute Gasteiger partial charge is 0.489 e. The Bertz CT molecular complexity index is 1300. The Morgan fingerprint density at radius 2 is 2.00 bits per heavy atom. The van der Waals surface area contributed by atoms with E-state index in [9.17, 15) is 9.18 Å². The SMILES string of the molecule is O=C(c1cccc(OCc2ccc(Cl)cc2F)c1OCC1CC1)c1c[nH]c2ncccc12. The van der Waals surface area contributed by atoms with Gasteiger partial charge < -0.3 is 14.5 Å². The van der Waals surface area contributed by atoms with Gasteiger partial charge in [-0.15, -0.1) is 0 Å². The summed E-state index contributed by atoms with van der Waals surface area (Å²) in [5.41, 5.74) is 1.90. The molecule has 7 heteroatoms. The van der Waals surface area contributed by atoms with E-state index in [1.165, 1.54) is 6.07 Å². The van der Waals surface area contributed by atoms with E-state index in [-0.39, 0.29) is 12.4 Å². The van der Waals surface area contributed by atoms with E-state index >= 15 is 0 Å². The van der Waals surface area contributed by atoms with Gasteiger partial charge in [-0.25, -0.2) is 9.37 Å². The van der Waals surface area contributed by atoms with Crippen LogP contribution >= 0.6 is 11.6 Å². The zero-order valence-corrected chi connectivity index (χ0v) is 17.9. The Hall–Kier alpha value is -3.38. The van der Waals surface area contributed by atoms with Crippen LogP contribution in [-0.4, -0.2) is 22.4 Å². The molecule has 1 N–H and O–H groups in total. The highest BCUT2D eigenvalue weighted by Crippen LogP contribution is 2.37. The van der Waals surface area contributed by atoms with Gasteiger partial charge in [-0.05, 0) is 55.2 Å². The molecule has 162 valence electrons. The molecule has 0 amide bonds. The fraction of sp³-hybridized carbons (Fsp3) is 0.200. The fourth-order valence-corrected chi connectivity index (χ4v) is 3.68. The molecule has 1 fully saturated rings. The molecule has 2 aromatic heterocycles. The summed E-state index contributed by atoms with van der Waals surface area (Å²) < 4.78 is 26.2. The second-order valence-corrected chi connectivity index (χ2v) is 8.28. The van der Waals surface area contributed by atoms with Gasteiger partial charge in [0, 0.05) is 33.9 Å². The van der Waals surface area contributed by atoms with E-state index in [1.54, 1.807) is 48.8 Å². The van der Waals surface area contributed by atoms with E-state index in [2.05, 4.69) is 9.97 Å². The highest BCUT2D eigenvalue weighted by atomic mass is 35.5. The zero-order chi connectivity index (χ0) is 22.1. The van der Waals surface area contributed by atoms with E-state index < -0.39 is 5.82 Å². The quantitative estimate of drug-likeness (QED) is 0.337. The molecular formula is C25H20ClFN2O3. The molecule has 0 bridgehead atoms. The number of pyridine rings is 1. The highest BCUT2D eigenvalue weighted by molar-refractivity contribution is 6.30. The number of ketones is 1. The molecule has 1 aliphatic rings. The predicted octanol–water partition coefficient (Wildman–Crippen LogP) is 5.95. The summed E-state index contributed by atoms with van der Waals surface area (Å²) in [6.45, 7) is 0.489. The van der Waals surface area contributed by atoms with Crippen LogP contribution in [-0.2, 0) is 6.61 Å². The molecule has 2 aromatic carbocycles. The molecule has 4 aromatic rings. The van der Waals surface area contributed by atoms with Crippen LogP contribution < -0.4 is 9.47 Å². The summed E-state index contributed by atoms with van der Waals surface area (Å²) >= 11 is 5.84. The molecular weight excluding hydrogens is 431 g/mol. The maximum absolute atomic E-state index is 14.2. The van der Waals surface area contributed by atoms with Crippen LogP contribution in [0.25, 0.3) is 11.0 Å². The smallest absolute Gasteiger partial charge is 0.199 e. The molecule has 0 saturated heterocycles. The average molecular weight is 451 g/mol. The third kappa shape index (κ3) is 4.18. The highest BCUT2D eigenvalue weighted by Gasteiger charge is 2.26. The lowest BCUT2D eigenvalue weighted by Gasteiger charge is -2.16. The van der Waals surface area contributed by atoms with Crippen LogP contribution in [0.5, 0.6) is 11.5 Å². The third-order valence-corrected chi connectivity index (χ3v) is 5.71. The van der Waals surface area contributed by atoms with Gasteiger partial charge in [0.2, 0.25) is 0 Å². The number of para-hydroxylation sites is 1. The molecule has 0 atom stereocenters. The number of benzene rings is 2. The summed E-state index contributed by atoms with van der Waals surface area (Å²) in [5, 5.41) is 1.06. The topological polar surface area (TPSA) is 64.2 Å². The minimum Gasteiger partial charge on any atom is -0.489 e. The van der Waals surface area contributed by atoms with Crippen molar-refractivity contribution in [2.24, 2.45) is 5.92 Å². The van der Waals surface area contributed by atoms with Crippen molar-refractivity contribution in [3.05, 3.63) is 88.5 Å². The maximum atomic E-state index is 14.2. The van der Waals surface area contributed by atoms with E-state index in [1.807, 2.05) is 6.07 Å². The second-order valence-electron chi connectivity index (χ2n) is 7.84. The van der Waals surface area contributed by atoms with Gasteiger partial charge in [-0.1, -0.05) is 23.7 Å². The first-order chi connectivity index (χ1) is 15.6. The second kappa shape index (κ2) is 8.63. The van der Waals surface area contributed by atoms with E-state index in [0.29, 0.717) is 51.4 Å². The summed E-state index contributed by atoms with van der Waals surface area (Å²) in [7, 11) is 0. The summed E-state index contributed by atoms with van der Waals surface area (Å²) in [6.07, 6.45) is 5.54. The van der Waals surface area contributed by atoms with Gasteiger partial charge in [-0.2, -0.15) is 0 Å². The lowest BCUT2D eigenvalue weighted by atomic mass is 10.0. The number of ether oxygens (including phenoxy) is 2. The number of aromatic nitrogens is 2. The van der Waals surface area contributed by atoms with Crippen LogP contribution in [0.15, 0.2) is 60.9 Å². The van der Waals surface area contributed by atoms with Gasteiger partial charge in [0.05, 0.1) is 12.2 Å².